The van der Waals surface area contributed by atoms with E-state index in [-0.39, 0.29) is 30.0 Å². The molecule has 5 nitrogen and oxygen atoms in total. The van der Waals surface area contributed by atoms with Crippen molar-refractivity contribution < 1.29 is 18.7 Å². The summed E-state index contributed by atoms with van der Waals surface area (Å²) in [5.74, 6) is -0.804. The van der Waals surface area contributed by atoms with Gasteiger partial charge >= 0.3 is 0 Å². The first-order valence-electron chi connectivity index (χ1n) is 12.7. The fourth-order valence-corrected chi connectivity index (χ4v) is 4.62. The standard InChI is InChI=1S/C33H27FN2O3/c34-29-17-9-8-16-28(29)31(37)20-19-26-15-7-10-18-32(26)39-23-33(38)36-30(25-13-5-2-6-14-25)21-27(22-35-36)24-11-3-1-4-12-24/h1-20,22,27,30H,21,23H2/b20-19+. The number of rotatable bonds is 8. The molecule has 1 aliphatic heterocycles. The van der Waals surface area contributed by atoms with Crippen LogP contribution in [0.1, 0.15) is 45.4 Å². The fraction of sp³-hybridized carbons (Fsp3) is 0.121. The highest BCUT2D eigenvalue weighted by molar-refractivity contribution is 6.07. The van der Waals surface area contributed by atoms with Crippen molar-refractivity contribution in [2.75, 3.05) is 6.61 Å². The number of ketones is 1. The Bertz CT molecular complexity index is 1500. The van der Waals surface area contributed by atoms with Crippen LogP contribution >= 0.6 is 0 Å². The molecule has 4 aromatic rings. The smallest absolute Gasteiger partial charge is 0.281 e. The highest BCUT2D eigenvalue weighted by Gasteiger charge is 2.31. The van der Waals surface area contributed by atoms with Crippen LogP contribution in [0.15, 0.2) is 120 Å². The van der Waals surface area contributed by atoms with Gasteiger partial charge in [-0.05, 0) is 47.9 Å². The van der Waals surface area contributed by atoms with Crippen molar-refractivity contribution in [1.82, 2.24) is 5.01 Å². The number of hydrazone groups is 1. The maximum absolute atomic E-state index is 14.0. The van der Waals surface area contributed by atoms with E-state index in [2.05, 4.69) is 17.2 Å². The second-order valence-corrected chi connectivity index (χ2v) is 9.19. The number of halogens is 1. The summed E-state index contributed by atoms with van der Waals surface area (Å²) in [6.07, 6.45) is 5.37. The van der Waals surface area contributed by atoms with Crippen LogP contribution in [0.25, 0.3) is 6.08 Å². The number of hydrogen-bond acceptors (Lipinski definition) is 4. The van der Waals surface area contributed by atoms with Crippen LogP contribution in [-0.2, 0) is 4.79 Å². The average molecular weight is 519 g/mol. The molecule has 1 heterocycles. The molecule has 0 aliphatic carbocycles. The maximum Gasteiger partial charge on any atom is 0.281 e. The summed E-state index contributed by atoms with van der Waals surface area (Å²) in [4.78, 5) is 25.8. The van der Waals surface area contributed by atoms with Crippen LogP contribution in [0.3, 0.4) is 0 Å². The molecule has 5 rings (SSSR count). The Labute approximate surface area is 226 Å². The largest absolute Gasteiger partial charge is 0.483 e. The summed E-state index contributed by atoms with van der Waals surface area (Å²) >= 11 is 0. The predicted octanol–water partition coefficient (Wildman–Crippen LogP) is 6.84. The first-order chi connectivity index (χ1) is 19.1. The zero-order chi connectivity index (χ0) is 27.0. The fourth-order valence-electron chi connectivity index (χ4n) is 4.62. The topological polar surface area (TPSA) is 59.0 Å². The van der Waals surface area contributed by atoms with Crippen molar-refractivity contribution in [2.45, 2.75) is 18.4 Å². The summed E-state index contributed by atoms with van der Waals surface area (Å²) in [7, 11) is 0. The summed E-state index contributed by atoms with van der Waals surface area (Å²) in [5.41, 5.74) is 2.74. The molecule has 194 valence electrons. The monoisotopic (exact) mass is 518 g/mol. The van der Waals surface area contributed by atoms with Gasteiger partial charge in [-0.1, -0.05) is 91.0 Å². The molecule has 1 aliphatic rings. The number of nitrogens with zero attached hydrogens (tertiary/aromatic N) is 2. The Kier molecular flexibility index (Phi) is 8.03. The third-order valence-electron chi connectivity index (χ3n) is 6.63. The second kappa shape index (κ2) is 12.1. The van der Waals surface area contributed by atoms with Crippen molar-refractivity contribution >= 4 is 24.0 Å². The molecule has 2 atom stereocenters. The average Bonchev–Trinajstić information content (AvgIpc) is 3.00. The molecular formula is C33H27FN2O3. The Morgan fingerprint density at radius 3 is 2.23 bits per heavy atom. The molecule has 0 fully saturated rings. The third kappa shape index (κ3) is 6.18. The van der Waals surface area contributed by atoms with Crippen LogP contribution in [0, 0.1) is 5.82 Å². The van der Waals surface area contributed by atoms with Crippen molar-refractivity contribution in [1.29, 1.82) is 0 Å². The summed E-state index contributed by atoms with van der Waals surface area (Å²) < 4.78 is 19.9. The van der Waals surface area contributed by atoms with Gasteiger partial charge in [0.1, 0.15) is 11.6 Å². The molecule has 0 radical (unpaired) electrons. The summed E-state index contributed by atoms with van der Waals surface area (Å²) in [6, 6.07) is 32.6. The SMILES string of the molecule is O=C(/C=C/c1ccccc1OCC(=O)N1N=CC(c2ccccc2)CC1c1ccccc1)c1ccccc1F. The molecule has 2 unspecified atom stereocenters. The first kappa shape index (κ1) is 25.8. The van der Waals surface area contributed by atoms with E-state index in [0.29, 0.717) is 17.7 Å². The van der Waals surface area contributed by atoms with E-state index in [9.17, 15) is 14.0 Å². The lowest BCUT2D eigenvalue weighted by molar-refractivity contribution is -0.136. The van der Waals surface area contributed by atoms with Crippen molar-refractivity contribution in [2.24, 2.45) is 5.10 Å². The van der Waals surface area contributed by atoms with Crippen LogP contribution < -0.4 is 4.74 Å². The zero-order valence-electron chi connectivity index (χ0n) is 21.2. The highest BCUT2D eigenvalue weighted by atomic mass is 19.1. The van der Waals surface area contributed by atoms with Crippen LogP contribution in [-0.4, -0.2) is 29.5 Å². The van der Waals surface area contributed by atoms with E-state index < -0.39 is 11.6 Å². The van der Waals surface area contributed by atoms with Gasteiger partial charge in [-0.3, -0.25) is 9.59 Å². The van der Waals surface area contributed by atoms with Crippen molar-refractivity contribution in [3.05, 3.63) is 143 Å². The van der Waals surface area contributed by atoms with Gasteiger partial charge in [-0.2, -0.15) is 5.10 Å². The first-order valence-corrected chi connectivity index (χ1v) is 12.7. The molecule has 39 heavy (non-hydrogen) atoms. The molecule has 1 amide bonds. The van der Waals surface area contributed by atoms with Crippen LogP contribution in [0.2, 0.25) is 0 Å². The lowest BCUT2D eigenvalue weighted by Crippen LogP contribution is -2.38. The number of hydrogen-bond donors (Lipinski definition) is 0. The Balaban J connectivity index is 1.32. The molecule has 6 heteroatoms. The number of amides is 1. The normalized spacial score (nSPS) is 16.8. The van der Waals surface area contributed by atoms with Gasteiger partial charge in [0, 0.05) is 17.7 Å². The minimum absolute atomic E-state index is 0.00829. The lowest BCUT2D eigenvalue weighted by Gasteiger charge is -2.34. The van der Waals surface area contributed by atoms with E-state index in [1.807, 2.05) is 54.7 Å². The van der Waals surface area contributed by atoms with Crippen LogP contribution in [0.5, 0.6) is 5.75 Å². The van der Waals surface area contributed by atoms with Gasteiger partial charge in [0.2, 0.25) is 0 Å². The van der Waals surface area contributed by atoms with Gasteiger partial charge < -0.3 is 4.74 Å². The third-order valence-corrected chi connectivity index (χ3v) is 6.63. The van der Waals surface area contributed by atoms with Gasteiger partial charge in [0.05, 0.1) is 11.6 Å². The molecule has 0 aromatic heterocycles. The van der Waals surface area contributed by atoms with Crippen molar-refractivity contribution in [3.8, 4) is 5.75 Å². The second-order valence-electron chi connectivity index (χ2n) is 9.19. The maximum atomic E-state index is 14.0. The molecule has 0 spiro atoms. The molecule has 4 aromatic carbocycles. The van der Waals surface area contributed by atoms with Gasteiger partial charge in [-0.25, -0.2) is 9.40 Å². The lowest BCUT2D eigenvalue weighted by atomic mass is 9.88. The number of para-hydroxylation sites is 1. The molecule has 0 bridgehead atoms. The Morgan fingerprint density at radius 2 is 1.49 bits per heavy atom. The predicted molar refractivity (Wildman–Crippen MR) is 150 cm³/mol. The van der Waals surface area contributed by atoms with Crippen molar-refractivity contribution in [3.63, 3.8) is 0 Å². The summed E-state index contributed by atoms with van der Waals surface area (Å²) in [6.45, 7) is -0.233. The Hall–Kier alpha value is -4.84. The van der Waals surface area contributed by atoms with Gasteiger partial charge in [0.15, 0.2) is 12.4 Å². The number of ether oxygens (including phenoxy) is 1. The van der Waals surface area contributed by atoms with Gasteiger partial charge in [-0.15, -0.1) is 0 Å². The summed E-state index contributed by atoms with van der Waals surface area (Å²) in [5, 5.41) is 6.06. The molecular weight excluding hydrogens is 491 g/mol. The molecule has 0 saturated carbocycles. The van der Waals surface area contributed by atoms with E-state index in [4.69, 9.17) is 4.74 Å². The van der Waals surface area contributed by atoms with E-state index in [1.54, 1.807) is 36.4 Å². The number of carbonyl (C=O) groups is 2. The molecule has 0 saturated heterocycles. The number of benzene rings is 4. The minimum atomic E-state index is -0.577. The molecule has 0 N–H and O–H groups in total. The van der Waals surface area contributed by atoms with E-state index in [0.717, 1.165) is 11.1 Å². The quantitative estimate of drug-likeness (QED) is 0.189. The van der Waals surface area contributed by atoms with E-state index in [1.165, 1.54) is 29.3 Å². The zero-order valence-corrected chi connectivity index (χ0v) is 21.2. The van der Waals surface area contributed by atoms with E-state index >= 15 is 0 Å². The van der Waals surface area contributed by atoms with Crippen LogP contribution in [0.4, 0.5) is 4.39 Å². The van der Waals surface area contributed by atoms with Gasteiger partial charge in [0.25, 0.3) is 5.91 Å². The number of allylic oxidation sites excluding steroid dienone is 1. The highest BCUT2D eigenvalue weighted by Crippen LogP contribution is 2.35. The number of carbonyl (C=O) groups excluding carboxylic acids is 2. The minimum Gasteiger partial charge on any atom is -0.483 e. The Morgan fingerprint density at radius 1 is 0.846 bits per heavy atom.